The van der Waals surface area contributed by atoms with Crippen molar-refractivity contribution in [3.05, 3.63) is 97.7 Å². The van der Waals surface area contributed by atoms with Crippen LogP contribution >= 0.6 is 0 Å². The second kappa shape index (κ2) is 6.84. The number of aromatic nitrogens is 4. The molecule has 0 aliphatic rings. The average Bonchev–Trinajstić information content (AvgIpc) is 3.09. The lowest BCUT2D eigenvalue weighted by Gasteiger charge is -2.18. The van der Waals surface area contributed by atoms with Crippen LogP contribution in [-0.4, -0.2) is 19.9 Å². The molecule has 0 atom stereocenters. The topological polar surface area (TPSA) is 94.4 Å². The second-order valence-electron chi connectivity index (χ2n) is 6.52. The Morgan fingerprint density at radius 1 is 1.00 bits per heavy atom. The van der Waals surface area contributed by atoms with E-state index in [2.05, 4.69) is 26.5 Å². The molecule has 26 heavy (non-hydrogen) atoms. The van der Waals surface area contributed by atoms with E-state index in [1.165, 1.54) is 0 Å². The largest absolute Gasteiger partial charge is 0.347 e. The van der Waals surface area contributed by atoms with Gasteiger partial charge < -0.3 is 15.0 Å². The molecule has 2 aromatic heterocycles. The zero-order valence-corrected chi connectivity index (χ0v) is 14.7. The number of H-pyrrole nitrogens is 3. The predicted molar refractivity (Wildman–Crippen MR) is 102 cm³/mol. The Labute approximate surface area is 149 Å². The zero-order valence-electron chi connectivity index (χ0n) is 14.7. The third-order valence-electron chi connectivity index (χ3n) is 4.20. The van der Waals surface area contributed by atoms with Crippen molar-refractivity contribution in [3.8, 4) is 0 Å². The summed E-state index contributed by atoms with van der Waals surface area (Å²) in [5, 5.41) is 0.348. The molecule has 1 aromatic carbocycles. The van der Waals surface area contributed by atoms with Crippen molar-refractivity contribution < 1.29 is 0 Å². The molecule has 3 aromatic rings. The number of aromatic amines is 3. The molecule has 6 heteroatoms. The Hall–Kier alpha value is -3.41. The Bertz CT molecular complexity index is 1160. The van der Waals surface area contributed by atoms with Gasteiger partial charge in [-0.1, -0.05) is 50.3 Å². The van der Waals surface area contributed by atoms with Crippen LogP contribution in [0.4, 0.5) is 0 Å². The highest BCUT2D eigenvalue weighted by atomic mass is 16.1. The van der Waals surface area contributed by atoms with Gasteiger partial charge in [0, 0.05) is 5.41 Å². The van der Waals surface area contributed by atoms with Gasteiger partial charge in [0.05, 0.1) is 17.7 Å². The van der Waals surface area contributed by atoms with Crippen LogP contribution in [0.5, 0.6) is 0 Å². The first-order chi connectivity index (χ1) is 12.4. The van der Waals surface area contributed by atoms with E-state index >= 15 is 0 Å². The molecule has 3 N–H and O–H groups in total. The van der Waals surface area contributed by atoms with E-state index in [1.807, 2.05) is 44.2 Å². The molecular formula is C20H20N4O2. The molecule has 132 valence electrons. The van der Waals surface area contributed by atoms with Gasteiger partial charge in [0.2, 0.25) is 0 Å². The number of benzene rings is 1. The van der Waals surface area contributed by atoms with Crippen LogP contribution in [0.1, 0.15) is 30.8 Å². The molecule has 0 saturated heterocycles. The van der Waals surface area contributed by atoms with Crippen molar-refractivity contribution in [2.75, 3.05) is 0 Å². The first-order valence-corrected chi connectivity index (χ1v) is 8.19. The maximum Gasteiger partial charge on any atom is 0.272 e. The van der Waals surface area contributed by atoms with E-state index in [9.17, 15) is 9.59 Å². The van der Waals surface area contributed by atoms with Gasteiger partial charge in [-0.2, -0.15) is 0 Å². The number of nitrogens with one attached hydrogen (secondary N) is 3. The van der Waals surface area contributed by atoms with Gasteiger partial charge in [-0.15, -0.1) is 6.58 Å². The molecule has 3 rings (SSSR count). The van der Waals surface area contributed by atoms with Gasteiger partial charge in [0.25, 0.3) is 11.1 Å². The summed E-state index contributed by atoms with van der Waals surface area (Å²) in [4.78, 5) is 37.3. The fraction of sp³-hybridized carbons (Fsp3) is 0.150. The molecule has 0 amide bonds. The number of allylic oxidation sites excluding steroid dienone is 1. The lowest BCUT2D eigenvalue weighted by Crippen LogP contribution is -2.46. The van der Waals surface area contributed by atoms with Crippen LogP contribution in [0.3, 0.4) is 0 Å². The van der Waals surface area contributed by atoms with E-state index in [1.54, 1.807) is 24.6 Å². The summed E-state index contributed by atoms with van der Waals surface area (Å²) >= 11 is 0. The number of hydrogen-bond donors (Lipinski definition) is 3. The Morgan fingerprint density at radius 3 is 2.23 bits per heavy atom. The Kier molecular flexibility index (Phi) is 4.58. The fourth-order valence-corrected chi connectivity index (χ4v) is 2.58. The van der Waals surface area contributed by atoms with Gasteiger partial charge in [-0.3, -0.25) is 9.59 Å². The summed E-state index contributed by atoms with van der Waals surface area (Å²) in [5.41, 5.74) is 1.10. The van der Waals surface area contributed by atoms with Gasteiger partial charge in [-0.25, -0.2) is 4.98 Å². The van der Waals surface area contributed by atoms with Crippen molar-refractivity contribution in [3.63, 3.8) is 0 Å². The standard InChI is InChI=1S/C20H20N4O2/c1-4-20(2,3)17-14(21-12-22-17)11-16-19(26)23-15(18(25)24-16)10-13-8-6-5-7-9-13/h4-12H,1H2,2-3H3,(H,21,22)(H,23,26)(H,24,25)/b15-10-,16-11+. The van der Waals surface area contributed by atoms with Crippen LogP contribution in [0.2, 0.25) is 0 Å². The highest BCUT2D eigenvalue weighted by Gasteiger charge is 2.21. The quantitative estimate of drug-likeness (QED) is 0.612. The summed E-state index contributed by atoms with van der Waals surface area (Å²) in [6.45, 7) is 7.79. The number of rotatable bonds is 4. The van der Waals surface area contributed by atoms with Gasteiger partial charge in [0.1, 0.15) is 10.7 Å². The highest BCUT2D eigenvalue weighted by molar-refractivity contribution is 5.50. The van der Waals surface area contributed by atoms with E-state index in [0.717, 1.165) is 11.3 Å². The predicted octanol–water partition coefficient (Wildman–Crippen LogP) is 0.907. The maximum absolute atomic E-state index is 12.4. The van der Waals surface area contributed by atoms with E-state index in [-0.39, 0.29) is 21.7 Å². The van der Waals surface area contributed by atoms with Crippen LogP contribution < -0.4 is 21.8 Å². The zero-order chi connectivity index (χ0) is 18.7. The lowest BCUT2D eigenvalue weighted by molar-refractivity contribution is 0.648. The fourth-order valence-electron chi connectivity index (χ4n) is 2.58. The molecule has 0 aliphatic heterocycles. The monoisotopic (exact) mass is 348 g/mol. The second-order valence-corrected chi connectivity index (χ2v) is 6.52. The SMILES string of the molecule is C=CC(C)(C)c1[nH]cnc1/C=c1/[nH]c(=O)/c(=C/c2ccccc2)[nH]c1=O. The molecule has 6 nitrogen and oxygen atoms in total. The molecule has 2 heterocycles. The minimum Gasteiger partial charge on any atom is -0.347 e. The number of imidazole rings is 1. The third kappa shape index (κ3) is 3.49. The average molecular weight is 348 g/mol. The maximum atomic E-state index is 12.4. The number of nitrogens with zero attached hydrogens (tertiary/aromatic N) is 1. The Balaban J connectivity index is 2.14. The van der Waals surface area contributed by atoms with E-state index in [0.29, 0.717) is 5.69 Å². The van der Waals surface area contributed by atoms with Crippen LogP contribution in [0.15, 0.2) is 58.9 Å². The summed E-state index contributed by atoms with van der Waals surface area (Å²) in [6.07, 6.45) is 6.54. The van der Waals surface area contributed by atoms with Gasteiger partial charge in [-0.05, 0) is 17.7 Å². The van der Waals surface area contributed by atoms with Crippen LogP contribution in [0.25, 0.3) is 12.2 Å². The van der Waals surface area contributed by atoms with Crippen molar-refractivity contribution in [2.45, 2.75) is 19.3 Å². The lowest BCUT2D eigenvalue weighted by atomic mass is 9.88. The molecule has 0 unspecified atom stereocenters. The summed E-state index contributed by atoms with van der Waals surface area (Å²) in [5.74, 6) is 0. The van der Waals surface area contributed by atoms with Crippen molar-refractivity contribution in [2.24, 2.45) is 0 Å². The molecule has 0 saturated carbocycles. The minimum absolute atomic E-state index is 0.147. The molecule has 0 radical (unpaired) electrons. The summed E-state index contributed by atoms with van der Waals surface area (Å²) < 4.78 is 0. The highest BCUT2D eigenvalue weighted by Crippen LogP contribution is 2.24. The van der Waals surface area contributed by atoms with Gasteiger partial charge >= 0.3 is 0 Å². The molecule has 0 bridgehead atoms. The number of hydrogen-bond acceptors (Lipinski definition) is 3. The third-order valence-corrected chi connectivity index (χ3v) is 4.20. The van der Waals surface area contributed by atoms with Crippen molar-refractivity contribution >= 4 is 12.2 Å². The summed E-state index contributed by atoms with van der Waals surface area (Å²) in [7, 11) is 0. The molecule has 0 spiro atoms. The van der Waals surface area contributed by atoms with Crippen molar-refractivity contribution in [1.82, 2.24) is 19.9 Å². The first-order valence-electron chi connectivity index (χ1n) is 8.19. The summed E-state index contributed by atoms with van der Waals surface area (Å²) in [6, 6.07) is 9.31. The van der Waals surface area contributed by atoms with Crippen molar-refractivity contribution in [1.29, 1.82) is 0 Å². The minimum atomic E-state index is -0.392. The molecule has 0 aliphatic carbocycles. The van der Waals surface area contributed by atoms with Crippen LogP contribution in [-0.2, 0) is 5.41 Å². The van der Waals surface area contributed by atoms with E-state index < -0.39 is 5.56 Å². The molecular weight excluding hydrogens is 328 g/mol. The molecule has 0 fully saturated rings. The normalized spacial score (nSPS) is 13.2. The smallest absolute Gasteiger partial charge is 0.272 e. The van der Waals surface area contributed by atoms with Gasteiger partial charge in [0.15, 0.2) is 0 Å². The first kappa shape index (κ1) is 17.4. The van der Waals surface area contributed by atoms with E-state index in [4.69, 9.17) is 0 Å². The Morgan fingerprint density at radius 2 is 1.62 bits per heavy atom. The van der Waals surface area contributed by atoms with Crippen LogP contribution in [0, 0.1) is 0 Å².